The van der Waals surface area contributed by atoms with E-state index in [0.717, 1.165) is 25.7 Å². The van der Waals surface area contributed by atoms with Crippen molar-refractivity contribution in [3.05, 3.63) is 23.8 Å². The second kappa shape index (κ2) is 13.8. The monoisotopic (exact) mass is 526 g/mol. The van der Waals surface area contributed by atoms with Crippen LogP contribution in [0.1, 0.15) is 39.2 Å². The van der Waals surface area contributed by atoms with Crippen molar-refractivity contribution >= 4 is 29.9 Å². The molecule has 9 heteroatoms. The second-order valence-corrected chi connectivity index (χ2v) is 6.54. The van der Waals surface area contributed by atoms with Crippen LogP contribution in [0.4, 0.5) is 8.78 Å². The van der Waals surface area contributed by atoms with Crippen LogP contribution in [-0.4, -0.2) is 56.3 Å². The van der Waals surface area contributed by atoms with E-state index in [-0.39, 0.29) is 36.3 Å². The maximum Gasteiger partial charge on any atom is 0.387 e. The van der Waals surface area contributed by atoms with Crippen LogP contribution in [0.15, 0.2) is 23.2 Å². The number of likely N-dealkylation sites (N-methyl/N-ethyl adjacent to an activating group) is 1. The van der Waals surface area contributed by atoms with Crippen LogP contribution in [0.5, 0.6) is 11.5 Å². The third-order valence-electron chi connectivity index (χ3n) is 4.48. The Labute approximate surface area is 189 Å². The van der Waals surface area contributed by atoms with E-state index in [0.29, 0.717) is 30.4 Å². The Hall–Kier alpha value is -1.36. The van der Waals surface area contributed by atoms with Crippen molar-refractivity contribution in [2.45, 2.75) is 52.8 Å². The highest BCUT2D eigenvalue weighted by Crippen LogP contribution is 2.33. The van der Waals surface area contributed by atoms with E-state index in [1.165, 1.54) is 12.8 Å². The highest BCUT2D eigenvalue weighted by molar-refractivity contribution is 14.0. The number of rotatable bonds is 12. The SMILES string of the molecule is CCNC(=NCc1cccc(OCC)c1OC(F)F)NCCN(CC)C1CC1.I. The molecule has 0 aliphatic heterocycles. The zero-order valence-electron chi connectivity index (χ0n) is 17.4. The van der Waals surface area contributed by atoms with Crippen molar-refractivity contribution < 1.29 is 18.3 Å². The smallest absolute Gasteiger partial charge is 0.387 e. The summed E-state index contributed by atoms with van der Waals surface area (Å²) in [6, 6.07) is 5.82. The fraction of sp³-hybridized carbons (Fsp3) is 0.650. The van der Waals surface area contributed by atoms with Gasteiger partial charge in [-0.3, -0.25) is 4.90 Å². The van der Waals surface area contributed by atoms with Crippen molar-refractivity contribution in [1.82, 2.24) is 15.5 Å². The van der Waals surface area contributed by atoms with Crippen LogP contribution in [0.25, 0.3) is 0 Å². The number of guanidine groups is 1. The minimum Gasteiger partial charge on any atom is -0.490 e. The normalized spacial score (nSPS) is 14.0. The van der Waals surface area contributed by atoms with Gasteiger partial charge < -0.3 is 20.1 Å². The Kier molecular flexibility index (Phi) is 12.2. The minimum atomic E-state index is -2.92. The Bertz CT molecular complexity index is 630. The Morgan fingerprint density at radius 1 is 1.24 bits per heavy atom. The molecule has 0 bridgehead atoms. The lowest BCUT2D eigenvalue weighted by molar-refractivity contribution is -0.0520. The van der Waals surface area contributed by atoms with E-state index < -0.39 is 6.61 Å². The lowest BCUT2D eigenvalue weighted by Crippen LogP contribution is -2.42. The predicted molar refractivity (Wildman–Crippen MR) is 123 cm³/mol. The van der Waals surface area contributed by atoms with Gasteiger partial charge in [0.1, 0.15) is 0 Å². The molecule has 1 aromatic rings. The molecule has 29 heavy (non-hydrogen) atoms. The van der Waals surface area contributed by atoms with Gasteiger partial charge in [0.05, 0.1) is 13.2 Å². The molecule has 0 atom stereocenters. The first-order chi connectivity index (χ1) is 13.6. The molecule has 166 valence electrons. The summed E-state index contributed by atoms with van der Waals surface area (Å²) < 4.78 is 35.8. The number of ether oxygens (including phenoxy) is 2. The van der Waals surface area contributed by atoms with Crippen molar-refractivity contribution in [2.75, 3.05) is 32.8 Å². The van der Waals surface area contributed by atoms with Gasteiger partial charge in [-0.15, -0.1) is 24.0 Å². The number of halogens is 3. The predicted octanol–water partition coefficient (Wildman–Crippen LogP) is 3.84. The van der Waals surface area contributed by atoms with Crippen molar-refractivity contribution in [3.63, 3.8) is 0 Å². The Morgan fingerprint density at radius 2 is 2.00 bits per heavy atom. The molecule has 0 heterocycles. The van der Waals surface area contributed by atoms with Gasteiger partial charge in [0.15, 0.2) is 17.5 Å². The van der Waals surface area contributed by atoms with E-state index in [9.17, 15) is 8.78 Å². The molecule has 0 spiro atoms. The van der Waals surface area contributed by atoms with E-state index >= 15 is 0 Å². The summed E-state index contributed by atoms with van der Waals surface area (Å²) >= 11 is 0. The van der Waals surface area contributed by atoms with Crippen LogP contribution in [-0.2, 0) is 6.54 Å². The van der Waals surface area contributed by atoms with Gasteiger partial charge in [-0.2, -0.15) is 8.78 Å². The van der Waals surface area contributed by atoms with E-state index in [2.05, 4.69) is 27.4 Å². The molecule has 1 aliphatic carbocycles. The molecule has 2 rings (SSSR count). The lowest BCUT2D eigenvalue weighted by Gasteiger charge is -2.21. The van der Waals surface area contributed by atoms with E-state index in [1.807, 2.05) is 6.92 Å². The molecule has 0 amide bonds. The molecular formula is C20H33F2IN4O2. The highest BCUT2D eigenvalue weighted by atomic mass is 127. The second-order valence-electron chi connectivity index (χ2n) is 6.54. The summed E-state index contributed by atoms with van der Waals surface area (Å²) in [5.74, 6) is 1.00. The summed E-state index contributed by atoms with van der Waals surface area (Å²) in [7, 11) is 0. The molecule has 6 nitrogen and oxygen atoms in total. The fourth-order valence-corrected chi connectivity index (χ4v) is 3.04. The molecule has 1 fully saturated rings. The highest BCUT2D eigenvalue weighted by Gasteiger charge is 2.27. The van der Waals surface area contributed by atoms with Crippen molar-refractivity contribution in [1.29, 1.82) is 0 Å². The first kappa shape index (κ1) is 25.7. The van der Waals surface area contributed by atoms with Gasteiger partial charge in [-0.1, -0.05) is 19.1 Å². The summed E-state index contributed by atoms with van der Waals surface area (Å²) in [4.78, 5) is 6.99. The first-order valence-electron chi connectivity index (χ1n) is 10.0. The number of hydrogen-bond donors (Lipinski definition) is 2. The Morgan fingerprint density at radius 3 is 2.59 bits per heavy atom. The first-order valence-corrected chi connectivity index (χ1v) is 10.0. The van der Waals surface area contributed by atoms with Gasteiger partial charge in [0.25, 0.3) is 0 Å². The number of nitrogens with one attached hydrogen (secondary N) is 2. The molecule has 0 aromatic heterocycles. The summed E-state index contributed by atoms with van der Waals surface area (Å²) in [6.45, 7) is 7.09. The zero-order chi connectivity index (χ0) is 20.4. The third-order valence-corrected chi connectivity index (χ3v) is 4.48. The van der Waals surface area contributed by atoms with Crippen LogP contribution >= 0.6 is 24.0 Å². The number of nitrogens with zero attached hydrogens (tertiary/aromatic N) is 2. The van der Waals surface area contributed by atoms with Gasteiger partial charge in [0.2, 0.25) is 0 Å². The number of benzene rings is 1. The maximum absolute atomic E-state index is 12.8. The van der Waals surface area contributed by atoms with Gasteiger partial charge in [-0.05, 0) is 39.3 Å². The van der Waals surface area contributed by atoms with Gasteiger partial charge >= 0.3 is 6.61 Å². The Balaban J connectivity index is 0.00000420. The van der Waals surface area contributed by atoms with Crippen LogP contribution in [0.2, 0.25) is 0 Å². The van der Waals surface area contributed by atoms with E-state index in [4.69, 9.17) is 9.47 Å². The third kappa shape index (κ3) is 8.90. The quantitative estimate of drug-likeness (QED) is 0.246. The van der Waals surface area contributed by atoms with Crippen LogP contribution < -0.4 is 20.1 Å². The minimum absolute atomic E-state index is 0. The molecular weight excluding hydrogens is 493 g/mol. The molecule has 1 aliphatic rings. The van der Waals surface area contributed by atoms with E-state index in [1.54, 1.807) is 25.1 Å². The summed E-state index contributed by atoms with van der Waals surface area (Å²) in [6.07, 6.45) is 2.57. The molecule has 0 saturated heterocycles. The molecule has 1 aromatic carbocycles. The van der Waals surface area contributed by atoms with Crippen LogP contribution in [0.3, 0.4) is 0 Å². The number of aliphatic imine (C=N–C) groups is 1. The zero-order valence-corrected chi connectivity index (χ0v) is 19.7. The number of alkyl halides is 2. The van der Waals surface area contributed by atoms with Crippen molar-refractivity contribution in [3.8, 4) is 11.5 Å². The van der Waals surface area contributed by atoms with Gasteiger partial charge in [-0.25, -0.2) is 4.99 Å². The topological polar surface area (TPSA) is 58.1 Å². The van der Waals surface area contributed by atoms with Crippen molar-refractivity contribution in [2.24, 2.45) is 4.99 Å². The molecule has 1 saturated carbocycles. The summed E-state index contributed by atoms with van der Waals surface area (Å²) in [5, 5.41) is 6.51. The standard InChI is InChI=1S/C20H32F2N4O2.HI/c1-4-23-20(24-12-13-26(5-2)16-10-11-16)25-14-15-8-7-9-17(27-6-3)18(15)28-19(21)22;/h7-9,16,19H,4-6,10-14H2,1-3H3,(H2,23,24,25);1H. The molecule has 0 radical (unpaired) electrons. The summed E-state index contributed by atoms with van der Waals surface area (Å²) in [5.41, 5.74) is 0.552. The average Bonchev–Trinajstić information content (AvgIpc) is 3.50. The van der Waals surface area contributed by atoms with Crippen LogP contribution in [0, 0.1) is 0 Å². The molecule has 2 N–H and O–H groups in total. The lowest BCUT2D eigenvalue weighted by atomic mass is 10.2. The number of para-hydroxylation sites is 1. The van der Waals surface area contributed by atoms with Gasteiger partial charge in [0, 0.05) is 31.2 Å². The largest absolute Gasteiger partial charge is 0.490 e. The number of hydrogen-bond acceptors (Lipinski definition) is 4. The fourth-order valence-electron chi connectivity index (χ4n) is 3.04. The average molecular weight is 526 g/mol. The maximum atomic E-state index is 12.8. The molecule has 0 unspecified atom stereocenters.